The summed E-state index contributed by atoms with van der Waals surface area (Å²) < 4.78 is 86.2. The molecule has 140 valence electrons. The number of hydrogen-bond donors (Lipinski definition) is 0. The highest BCUT2D eigenvalue weighted by atomic mass is 19.2. The first-order valence-electron chi connectivity index (χ1n) is 7.89. The molecule has 0 heterocycles. The van der Waals surface area contributed by atoms with E-state index in [1.165, 1.54) is 6.07 Å². The number of hydrogen-bond acceptors (Lipinski definition) is 1. The summed E-state index contributed by atoms with van der Waals surface area (Å²) in [4.78, 5) is 0. The van der Waals surface area contributed by atoms with Gasteiger partial charge in [-0.15, -0.1) is 0 Å². The van der Waals surface area contributed by atoms with Crippen LogP contribution in [-0.2, 0) is 6.42 Å². The fourth-order valence-corrected chi connectivity index (χ4v) is 2.44. The Hall–Kier alpha value is -2.44. The summed E-state index contributed by atoms with van der Waals surface area (Å²) in [5.74, 6) is -6.55. The van der Waals surface area contributed by atoms with Crippen LogP contribution < -0.4 is 4.74 Å². The summed E-state index contributed by atoms with van der Waals surface area (Å²) in [6.07, 6.45) is 0.834. The average Bonchev–Trinajstić information content (AvgIpc) is 2.63. The third-order valence-corrected chi connectivity index (χ3v) is 3.71. The Morgan fingerprint density at radius 2 is 1.54 bits per heavy atom. The van der Waals surface area contributed by atoms with E-state index >= 15 is 0 Å². The van der Waals surface area contributed by atoms with Gasteiger partial charge in [-0.25, -0.2) is 22.0 Å². The van der Waals surface area contributed by atoms with Crippen LogP contribution in [0.2, 0.25) is 0 Å². The minimum absolute atomic E-state index is 0.0303. The van der Waals surface area contributed by atoms with Crippen LogP contribution in [0.1, 0.15) is 18.9 Å². The van der Waals surface area contributed by atoms with Crippen molar-refractivity contribution in [3.8, 4) is 16.9 Å². The molecule has 0 saturated heterocycles. The van der Waals surface area contributed by atoms with Crippen molar-refractivity contribution in [3.63, 3.8) is 0 Å². The van der Waals surface area contributed by atoms with Crippen LogP contribution in [0.15, 0.2) is 36.2 Å². The Morgan fingerprint density at radius 1 is 0.923 bits per heavy atom. The van der Waals surface area contributed by atoms with Crippen molar-refractivity contribution in [1.29, 1.82) is 0 Å². The Kier molecular flexibility index (Phi) is 6.71. The maximum atomic E-state index is 14.3. The van der Waals surface area contributed by atoms with Gasteiger partial charge in [0.1, 0.15) is 12.5 Å². The van der Waals surface area contributed by atoms with Crippen molar-refractivity contribution in [2.45, 2.75) is 19.8 Å². The molecule has 0 aliphatic heterocycles. The van der Waals surface area contributed by atoms with Gasteiger partial charge < -0.3 is 4.74 Å². The first-order chi connectivity index (χ1) is 12.4. The molecule has 2 aromatic carbocycles. The minimum Gasteiger partial charge on any atom is -0.491 e. The Balaban J connectivity index is 2.35. The van der Waals surface area contributed by atoms with E-state index in [1.807, 2.05) is 0 Å². The van der Waals surface area contributed by atoms with Crippen LogP contribution in [0.5, 0.6) is 5.75 Å². The number of rotatable bonds is 7. The molecule has 1 nitrogen and oxygen atoms in total. The molecule has 0 radical (unpaired) electrons. The standard InChI is InChI=1S/C19H16F6O/c1-2-26-15-9-8-14(18(24)19(15)25)13-7-6-11(16(22)17(13)23)4-3-5-12(21)10-20/h5-9H,2-4,10H2,1H3/b12-5-. The smallest absolute Gasteiger partial charge is 0.201 e. The Morgan fingerprint density at radius 3 is 2.15 bits per heavy atom. The molecule has 0 N–H and O–H groups in total. The second kappa shape index (κ2) is 8.78. The summed E-state index contributed by atoms with van der Waals surface area (Å²) in [7, 11) is 0. The summed E-state index contributed by atoms with van der Waals surface area (Å²) in [5, 5.41) is 0. The molecule has 0 fully saturated rings. The largest absolute Gasteiger partial charge is 0.491 e. The zero-order chi connectivity index (χ0) is 19.3. The molecule has 0 aromatic heterocycles. The maximum absolute atomic E-state index is 14.3. The Labute approximate surface area is 146 Å². The van der Waals surface area contributed by atoms with Gasteiger partial charge in [-0.05, 0) is 43.5 Å². The third kappa shape index (κ3) is 4.20. The van der Waals surface area contributed by atoms with Gasteiger partial charge in [0.05, 0.1) is 6.61 Å². The lowest BCUT2D eigenvalue weighted by Crippen LogP contribution is -2.01. The molecule has 0 bridgehead atoms. The van der Waals surface area contributed by atoms with E-state index in [1.54, 1.807) is 6.92 Å². The van der Waals surface area contributed by atoms with Gasteiger partial charge in [0, 0.05) is 11.1 Å². The fourth-order valence-electron chi connectivity index (χ4n) is 2.44. The topological polar surface area (TPSA) is 9.23 Å². The van der Waals surface area contributed by atoms with Gasteiger partial charge in [0.25, 0.3) is 0 Å². The van der Waals surface area contributed by atoms with E-state index in [-0.39, 0.29) is 30.8 Å². The van der Waals surface area contributed by atoms with Crippen molar-refractivity contribution < 1.29 is 31.1 Å². The molecular formula is C19H16F6O. The molecular weight excluding hydrogens is 358 g/mol. The predicted molar refractivity (Wildman–Crippen MR) is 86.4 cm³/mol. The summed E-state index contributed by atoms with van der Waals surface area (Å²) in [6.45, 7) is 0.441. The Bertz CT molecular complexity index is 816. The third-order valence-electron chi connectivity index (χ3n) is 3.71. The van der Waals surface area contributed by atoms with Gasteiger partial charge in [-0.1, -0.05) is 12.1 Å². The lowest BCUT2D eigenvalue weighted by molar-refractivity contribution is 0.314. The van der Waals surface area contributed by atoms with Gasteiger partial charge in [-0.2, -0.15) is 4.39 Å². The summed E-state index contributed by atoms with van der Waals surface area (Å²) in [5.41, 5.74) is -0.977. The van der Waals surface area contributed by atoms with E-state index in [0.29, 0.717) is 0 Å². The fraction of sp³-hybridized carbons (Fsp3) is 0.263. The molecule has 0 spiro atoms. The van der Waals surface area contributed by atoms with Crippen LogP contribution in [0.3, 0.4) is 0 Å². The van der Waals surface area contributed by atoms with Crippen molar-refractivity contribution in [1.82, 2.24) is 0 Å². The summed E-state index contributed by atoms with van der Waals surface area (Å²) in [6, 6.07) is 4.54. The lowest BCUT2D eigenvalue weighted by Gasteiger charge is -2.11. The number of aryl methyl sites for hydroxylation is 1. The van der Waals surface area contributed by atoms with E-state index < -0.39 is 46.9 Å². The van der Waals surface area contributed by atoms with E-state index in [2.05, 4.69) is 0 Å². The first-order valence-corrected chi connectivity index (χ1v) is 7.89. The molecule has 0 aliphatic carbocycles. The second-order valence-corrected chi connectivity index (χ2v) is 5.40. The number of halogens is 6. The SMILES string of the molecule is CCOc1ccc(-c2ccc(CC/C=C(\F)CF)c(F)c2F)c(F)c1F. The predicted octanol–water partition coefficient (Wildman–Crippen LogP) is 6.06. The summed E-state index contributed by atoms with van der Waals surface area (Å²) >= 11 is 0. The van der Waals surface area contributed by atoms with Crippen LogP contribution in [0.4, 0.5) is 26.3 Å². The highest BCUT2D eigenvalue weighted by Crippen LogP contribution is 2.33. The van der Waals surface area contributed by atoms with E-state index in [4.69, 9.17) is 4.74 Å². The van der Waals surface area contributed by atoms with Gasteiger partial charge in [0.15, 0.2) is 23.2 Å². The van der Waals surface area contributed by atoms with Gasteiger partial charge in [-0.3, -0.25) is 0 Å². The quantitative estimate of drug-likeness (QED) is 0.535. The van der Waals surface area contributed by atoms with Crippen LogP contribution in [0, 0.1) is 23.3 Å². The number of allylic oxidation sites excluding steroid dienone is 2. The lowest BCUT2D eigenvalue weighted by atomic mass is 9.99. The van der Waals surface area contributed by atoms with Crippen LogP contribution in [0.25, 0.3) is 11.1 Å². The molecule has 2 aromatic rings. The number of benzene rings is 2. The normalized spacial score (nSPS) is 11.7. The average molecular weight is 374 g/mol. The second-order valence-electron chi connectivity index (χ2n) is 5.40. The minimum atomic E-state index is -1.35. The first kappa shape index (κ1) is 19.9. The molecule has 0 saturated carbocycles. The van der Waals surface area contributed by atoms with E-state index in [9.17, 15) is 26.3 Å². The van der Waals surface area contributed by atoms with Crippen molar-refractivity contribution in [3.05, 3.63) is 65.0 Å². The molecule has 0 atom stereocenters. The number of ether oxygens (including phenoxy) is 1. The molecule has 7 heteroatoms. The molecule has 26 heavy (non-hydrogen) atoms. The monoisotopic (exact) mass is 374 g/mol. The van der Waals surface area contributed by atoms with Crippen LogP contribution in [-0.4, -0.2) is 13.3 Å². The highest BCUT2D eigenvalue weighted by molar-refractivity contribution is 5.66. The zero-order valence-electron chi connectivity index (χ0n) is 13.9. The molecule has 2 rings (SSSR count). The molecule has 0 amide bonds. The van der Waals surface area contributed by atoms with Crippen molar-refractivity contribution in [2.24, 2.45) is 0 Å². The molecule has 0 unspecified atom stereocenters. The molecule has 0 aliphatic rings. The van der Waals surface area contributed by atoms with Gasteiger partial charge in [0.2, 0.25) is 5.82 Å². The zero-order valence-corrected chi connectivity index (χ0v) is 13.9. The maximum Gasteiger partial charge on any atom is 0.201 e. The number of alkyl halides is 1. The van der Waals surface area contributed by atoms with Crippen molar-refractivity contribution in [2.75, 3.05) is 13.3 Å². The van der Waals surface area contributed by atoms with Crippen molar-refractivity contribution >= 4 is 0 Å². The van der Waals surface area contributed by atoms with Crippen LogP contribution >= 0.6 is 0 Å². The van der Waals surface area contributed by atoms with E-state index in [0.717, 1.165) is 24.3 Å². The highest BCUT2D eigenvalue weighted by Gasteiger charge is 2.21. The van der Waals surface area contributed by atoms with Gasteiger partial charge >= 0.3 is 0 Å².